The van der Waals surface area contributed by atoms with Crippen LogP contribution in [0.4, 0.5) is 15.9 Å². The third-order valence-electron chi connectivity index (χ3n) is 8.91. The molecule has 264 valence electrons. The van der Waals surface area contributed by atoms with E-state index in [1.54, 1.807) is 31.4 Å². The summed E-state index contributed by atoms with van der Waals surface area (Å²) in [7, 11) is -0.938. The van der Waals surface area contributed by atoms with Crippen molar-refractivity contribution in [1.82, 2.24) is 24.8 Å². The van der Waals surface area contributed by atoms with E-state index in [-0.39, 0.29) is 24.3 Å². The molecule has 3 aromatic carbocycles. The molecule has 50 heavy (non-hydrogen) atoms. The van der Waals surface area contributed by atoms with Gasteiger partial charge in [-0.05, 0) is 91.2 Å². The highest BCUT2D eigenvalue weighted by Crippen LogP contribution is 2.32. The molecule has 3 N–H and O–H groups in total. The van der Waals surface area contributed by atoms with Crippen molar-refractivity contribution in [2.45, 2.75) is 38.1 Å². The molecule has 1 unspecified atom stereocenters. The van der Waals surface area contributed by atoms with Crippen molar-refractivity contribution >= 4 is 44.2 Å². The number of methoxy groups -OCH3 is 1. The number of rotatable bonds is 15. The van der Waals surface area contributed by atoms with Crippen molar-refractivity contribution in [3.05, 3.63) is 102 Å². The molecule has 10 nitrogen and oxygen atoms in total. The Kier molecular flexibility index (Phi) is 11.8. The number of hydrogen-bond acceptors (Lipinski definition) is 8. The number of hydrogen-bond donors (Lipinski definition) is 3. The minimum absolute atomic E-state index is 0.0321. The van der Waals surface area contributed by atoms with Crippen LogP contribution >= 0.6 is 11.6 Å². The molecule has 0 saturated carbocycles. The summed E-state index contributed by atoms with van der Waals surface area (Å²) in [6, 6.07) is 20.3. The minimum Gasteiger partial charge on any atom is -0.487 e. The van der Waals surface area contributed by atoms with Crippen LogP contribution in [0, 0.1) is 5.82 Å². The van der Waals surface area contributed by atoms with Crippen LogP contribution in [-0.4, -0.2) is 81.4 Å². The lowest BCUT2D eigenvalue weighted by Crippen LogP contribution is -2.46. The Bertz CT molecular complexity index is 1950. The van der Waals surface area contributed by atoms with Gasteiger partial charge in [-0.1, -0.05) is 34.0 Å². The molecule has 0 bridgehead atoms. The van der Waals surface area contributed by atoms with Crippen LogP contribution in [0.3, 0.4) is 0 Å². The van der Waals surface area contributed by atoms with Gasteiger partial charge in [0.1, 0.15) is 36.6 Å². The lowest BCUT2D eigenvalue weighted by molar-refractivity contribution is 0.0431. The Morgan fingerprint density at radius 2 is 1.90 bits per heavy atom. The Labute approximate surface area is 298 Å². The number of nitrogens with zero attached hydrogens (tertiary/aromatic N) is 4. The maximum Gasteiger partial charge on any atom is 0.212 e. The summed E-state index contributed by atoms with van der Waals surface area (Å²) < 4.78 is 48.5. The van der Waals surface area contributed by atoms with E-state index >= 15 is 0 Å². The number of aromatic nitrogens is 3. The van der Waals surface area contributed by atoms with Crippen LogP contribution in [0.25, 0.3) is 22.0 Å². The van der Waals surface area contributed by atoms with Gasteiger partial charge >= 0.3 is 0 Å². The van der Waals surface area contributed by atoms with Crippen LogP contribution in [0.1, 0.15) is 18.4 Å². The predicted octanol–water partition coefficient (Wildman–Crippen LogP) is 6.88. The molecule has 0 spiro atoms. The molecule has 1 aliphatic heterocycles. The average Bonchev–Trinajstić information content (AvgIpc) is 3.56. The van der Waals surface area contributed by atoms with Crippen molar-refractivity contribution < 1.29 is 22.6 Å². The molecule has 3 heterocycles. The van der Waals surface area contributed by atoms with E-state index < -0.39 is 10.2 Å². The first-order valence-electron chi connectivity index (χ1n) is 16.6. The minimum atomic E-state index is -2.70. The number of benzene rings is 3. The van der Waals surface area contributed by atoms with Gasteiger partial charge < -0.3 is 29.6 Å². The highest BCUT2D eigenvalue weighted by Gasteiger charge is 2.23. The molecule has 13 heteroatoms. The van der Waals surface area contributed by atoms with Crippen LogP contribution in [0.15, 0.2) is 85.5 Å². The monoisotopic (exact) mass is 721 g/mol. The fraction of sp³-hybridized carbons (Fsp3) is 0.351. The molecular formula is C37H43ClFN6O4S+. The Hall–Kier alpha value is -3.91. The zero-order valence-corrected chi connectivity index (χ0v) is 29.8. The molecule has 6 rings (SSSR count). The third-order valence-corrected chi connectivity index (χ3v) is 10.2. The molecule has 5 aromatic rings. The highest BCUT2D eigenvalue weighted by molar-refractivity contribution is 7.97. The maximum atomic E-state index is 13.5. The molecule has 2 atom stereocenters. The van der Waals surface area contributed by atoms with E-state index in [9.17, 15) is 13.2 Å². The van der Waals surface area contributed by atoms with E-state index in [4.69, 9.17) is 21.1 Å². The standard InChI is InChI=1S/C37H42ClFN6O4S/c1-48-32(22-44-15-11-30(12-16-44)40-13-17-50(2,46)47)23-45-14-10-28(21-45)27-6-8-35-33(19-27)37(42-25-41-35)43-31-7-9-36(34(38)20-31)49-24-26-4-3-5-29(39)18-26/h3-10,14,18-21,25,30,32,40H,11-13,15-17,22-24H2,1-2H3,(H-,41,42,43,46,47)/p+1/t32-/m1/s1. The second-order valence-corrected chi connectivity index (χ2v) is 15.5. The second-order valence-electron chi connectivity index (χ2n) is 12.8. The molecule has 0 aliphatic carbocycles. The van der Waals surface area contributed by atoms with Crippen molar-refractivity contribution in [2.24, 2.45) is 0 Å². The number of nitrogens with one attached hydrogen (secondary N) is 2. The summed E-state index contributed by atoms with van der Waals surface area (Å²) in [4.78, 5) is 11.4. The van der Waals surface area contributed by atoms with Gasteiger partial charge in [-0.25, -0.2) is 14.4 Å². The van der Waals surface area contributed by atoms with Crippen molar-refractivity contribution in [3.8, 4) is 16.9 Å². The second kappa shape index (κ2) is 16.4. The quantitative estimate of drug-likeness (QED) is 0.0996. The summed E-state index contributed by atoms with van der Waals surface area (Å²) in [5.41, 5.74) is 4.38. The van der Waals surface area contributed by atoms with Gasteiger partial charge in [-0.3, -0.25) is 0 Å². The van der Waals surface area contributed by atoms with E-state index in [0.29, 0.717) is 34.7 Å². The molecule has 1 aliphatic rings. The van der Waals surface area contributed by atoms with Crippen molar-refractivity contribution in [2.75, 3.05) is 50.6 Å². The van der Waals surface area contributed by atoms with Gasteiger partial charge in [0.2, 0.25) is 10.2 Å². The van der Waals surface area contributed by atoms with Gasteiger partial charge in [0.05, 0.1) is 16.6 Å². The van der Waals surface area contributed by atoms with Crippen LogP contribution in [0.2, 0.25) is 5.02 Å². The molecule has 0 amide bonds. The normalized spacial score (nSPS) is 15.9. The first kappa shape index (κ1) is 35.9. The number of likely N-dealkylation sites (tertiary alicyclic amines) is 1. The lowest BCUT2D eigenvalue weighted by Gasteiger charge is -2.34. The van der Waals surface area contributed by atoms with Crippen LogP contribution in [-0.2, 0) is 32.3 Å². The van der Waals surface area contributed by atoms with Gasteiger partial charge in [0.15, 0.2) is 5.75 Å². The number of ether oxygens (including phenoxy) is 2. The Balaban J connectivity index is 1.06. The smallest absolute Gasteiger partial charge is 0.212 e. The van der Waals surface area contributed by atoms with Crippen LogP contribution in [0.5, 0.6) is 5.75 Å². The van der Waals surface area contributed by atoms with Crippen LogP contribution < -0.4 is 15.4 Å². The summed E-state index contributed by atoms with van der Waals surface area (Å²) in [6.07, 6.45) is 9.18. The summed E-state index contributed by atoms with van der Waals surface area (Å²) in [5.74, 6) is 1.12. The number of fused-ring (bicyclic) bond motifs is 1. The fourth-order valence-electron chi connectivity index (χ4n) is 6.18. The first-order valence-corrected chi connectivity index (χ1v) is 19.1. The predicted molar refractivity (Wildman–Crippen MR) is 198 cm³/mol. The Morgan fingerprint density at radius 1 is 1.06 bits per heavy atom. The van der Waals surface area contributed by atoms with E-state index in [0.717, 1.165) is 66.7 Å². The number of anilines is 2. The molecule has 0 radical (unpaired) electrons. The summed E-state index contributed by atoms with van der Waals surface area (Å²) in [5, 5.41) is 8.10. The average molecular weight is 722 g/mol. The molecule has 1 saturated heterocycles. The maximum absolute atomic E-state index is 13.5. The molecular weight excluding hydrogens is 679 g/mol. The summed E-state index contributed by atoms with van der Waals surface area (Å²) in [6.45, 7) is 4.25. The van der Waals surface area contributed by atoms with Gasteiger partial charge in [-0.2, -0.15) is 4.55 Å². The largest absolute Gasteiger partial charge is 0.487 e. The highest BCUT2D eigenvalue weighted by atomic mass is 35.5. The number of piperidine rings is 1. The van der Waals surface area contributed by atoms with Gasteiger partial charge in [0.25, 0.3) is 0 Å². The summed E-state index contributed by atoms with van der Waals surface area (Å²) >= 11 is 6.55. The van der Waals surface area contributed by atoms with Crippen molar-refractivity contribution in [3.63, 3.8) is 0 Å². The molecule has 2 aromatic heterocycles. The zero-order chi connectivity index (χ0) is 35.1. The number of halogens is 2. The van der Waals surface area contributed by atoms with E-state index in [1.165, 1.54) is 24.7 Å². The first-order chi connectivity index (χ1) is 24.1. The Morgan fingerprint density at radius 3 is 2.66 bits per heavy atom. The van der Waals surface area contributed by atoms with E-state index in [1.807, 2.05) is 12.1 Å². The topological polar surface area (TPSA) is 114 Å². The lowest BCUT2D eigenvalue weighted by atomic mass is 10.0. The fourth-order valence-corrected chi connectivity index (χ4v) is 6.91. The SMILES string of the molecule is CO[C@H](CN1CCC(NCC[S+](C)(=O)O)CC1)Cn1ccc(-c2ccc3ncnc(Nc4ccc(OCc5cccc(F)c5)c(Cl)c4)c3c2)c1. The third kappa shape index (κ3) is 9.87. The zero-order valence-electron chi connectivity index (χ0n) is 28.2. The van der Waals surface area contributed by atoms with Gasteiger partial charge in [-0.15, -0.1) is 0 Å². The molecule has 1 fully saturated rings. The van der Waals surface area contributed by atoms with Crippen molar-refractivity contribution in [1.29, 1.82) is 0 Å². The van der Waals surface area contributed by atoms with E-state index in [2.05, 4.69) is 60.7 Å². The van der Waals surface area contributed by atoms with Gasteiger partial charge in [0, 0.05) is 56.3 Å².